The molecule has 3 rings (SSSR count). The molecule has 3 aromatic carbocycles. The Morgan fingerprint density at radius 2 is 1.48 bits per heavy atom. The van der Waals surface area contributed by atoms with Crippen molar-refractivity contribution in [1.82, 2.24) is 5.32 Å². The van der Waals surface area contributed by atoms with Crippen LogP contribution in [0, 0.1) is 0 Å². The van der Waals surface area contributed by atoms with E-state index in [4.69, 9.17) is 9.47 Å². The van der Waals surface area contributed by atoms with Gasteiger partial charge in [0.05, 0.1) is 4.47 Å². The largest absolute Gasteiger partial charge is 0.487 e. The van der Waals surface area contributed by atoms with Crippen LogP contribution >= 0.6 is 15.9 Å². The Morgan fingerprint density at radius 3 is 2.10 bits per heavy atom. The van der Waals surface area contributed by atoms with E-state index >= 15 is 0 Å². The smallest absolute Gasteiger partial charge is 0.408 e. The summed E-state index contributed by atoms with van der Waals surface area (Å²) in [6.45, 7) is 0.391. The van der Waals surface area contributed by atoms with Crippen LogP contribution in [0.25, 0.3) is 0 Å². The van der Waals surface area contributed by atoms with E-state index < -0.39 is 18.1 Å². The van der Waals surface area contributed by atoms with Crippen molar-refractivity contribution in [2.24, 2.45) is 0 Å². The molecule has 0 aliphatic rings. The molecule has 0 saturated carbocycles. The molecule has 0 fully saturated rings. The van der Waals surface area contributed by atoms with Gasteiger partial charge in [0.1, 0.15) is 25.0 Å². The van der Waals surface area contributed by atoms with Gasteiger partial charge in [0.25, 0.3) is 0 Å². The molecule has 31 heavy (non-hydrogen) atoms. The first-order valence-electron chi connectivity index (χ1n) is 9.67. The number of ether oxygens (including phenoxy) is 2. The first kappa shape index (κ1) is 22.4. The molecule has 0 aliphatic carbocycles. The van der Waals surface area contributed by atoms with Gasteiger partial charge < -0.3 is 19.9 Å². The predicted molar refractivity (Wildman–Crippen MR) is 120 cm³/mol. The number of alkyl carbamates (subject to hydrolysis) is 1. The number of rotatable bonds is 9. The molecule has 160 valence electrons. The molecule has 0 radical (unpaired) electrons. The molecule has 0 aromatic heterocycles. The number of carbonyl (C=O) groups excluding carboxylic acids is 1. The first-order chi connectivity index (χ1) is 15.0. The van der Waals surface area contributed by atoms with Crippen LogP contribution in [0.3, 0.4) is 0 Å². The number of hydrogen-bond donors (Lipinski definition) is 2. The van der Waals surface area contributed by atoms with Gasteiger partial charge in [-0.2, -0.15) is 0 Å². The SMILES string of the molecule is O=C(N[C@@H](Cc1cccc(Br)c1OCc1ccccc1)C(=O)O)OCc1ccccc1. The van der Waals surface area contributed by atoms with E-state index in [1.807, 2.05) is 66.7 Å². The van der Waals surface area contributed by atoms with Crippen LogP contribution in [-0.4, -0.2) is 23.2 Å². The number of carboxylic acids is 1. The molecule has 1 atom stereocenters. The maximum Gasteiger partial charge on any atom is 0.408 e. The Balaban J connectivity index is 1.65. The first-order valence-corrected chi connectivity index (χ1v) is 10.5. The highest BCUT2D eigenvalue weighted by atomic mass is 79.9. The molecule has 7 heteroatoms. The number of hydrogen-bond acceptors (Lipinski definition) is 4. The number of carboxylic acid groups (broad SMARTS) is 1. The van der Waals surface area contributed by atoms with Crippen molar-refractivity contribution in [1.29, 1.82) is 0 Å². The summed E-state index contributed by atoms with van der Waals surface area (Å²) >= 11 is 3.46. The second-order valence-electron chi connectivity index (χ2n) is 6.80. The van der Waals surface area contributed by atoms with E-state index in [9.17, 15) is 14.7 Å². The van der Waals surface area contributed by atoms with Gasteiger partial charge >= 0.3 is 12.1 Å². The summed E-state index contributed by atoms with van der Waals surface area (Å²) in [6.07, 6.45) is -0.753. The lowest BCUT2D eigenvalue weighted by atomic mass is 10.0. The minimum absolute atomic E-state index is 0.0410. The number of carbonyl (C=O) groups is 2. The zero-order chi connectivity index (χ0) is 22.1. The molecule has 0 spiro atoms. The highest BCUT2D eigenvalue weighted by Crippen LogP contribution is 2.31. The quantitative estimate of drug-likeness (QED) is 0.449. The molecule has 0 heterocycles. The number of nitrogens with one attached hydrogen (secondary N) is 1. The molecule has 2 N–H and O–H groups in total. The summed E-state index contributed by atoms with van der Waals surface area (Å²) in [4.78, 5) is 23.9. The van der Waals surface area contributed by atoms with Gasteiger partial charge in [-0.3, -0.25) is 0 Å². The van der Waals surface area contributed by atoms with E-state index in [1.54, 1.807) is 12.1 Å². The maximum atomic E-state index is 12.1. The topological polar surface area (TPSA) is 84.9 Å². The van der Waals surface area contributed by atoms with Crippen molar-refractivity contribution in [2.45, 2.75) is 25.7 Å². The molecule has 3 aromatic rings. The second-order valence-corrected chi connectivity index (χ2v) is 7.66. The number of para-hydroxylation sites is 1. The van der Waals surface area contributed by atoms with Crippen LogP contribution in [0.1, 0.15) is 16.7 Å². The van der Waals surface area contributed by atoms with Crippen molar-refractivity contribution in [3.63, 3.8) is 0 Å². The fraction of sp³-hybridized carbons (Fsp3) is 0.167. The molecular weight excluding hydrogens is 462 g/mol. The molecule has 1 amide bonds. The Hall–Kier alpha value is -3.32. The second kappa shape index (κ2) is 11.2. The summed E-state index contributed by atoms with van der Waals surface area (Å²) in [7, 11) is 0. The molecular formula is C24H22BrNO5. The molecule has 0 bridgehead atoms. The van der Waals surface area contributed by atoms with Gasteiger partial charge in [0, 0.05) is 6.42 Å². The summed E-state index contributed by atoms with van der Waals surface area (Å²) < 4.78 is 11.8. The van der Waals surface area contributed by atoms with Crippen LogP contribution in [0.15, 0.2) is 83.3 Å². The Morgan fingerprint density at radius 1 is 0.871 bits per heavy atom. The standard InChI is InChI=1S/C24H22BrNO5/c25-20-13-7-12-19(22(20)30-15-17-8-3-1-4-9-17)14-21(23(27)28)26-24(29)31-16-18-10-5-2-6-11-18/h1-13,21H,14-16H2,(H,26,29)(H,27,28)/t21-/m0/s1. The van der Waals surface area contributed by atoms with Gasteiger partial charge in [-0.05, 0) is 38.7 Å². The van der Waals surface area contributed by atoms with Crippen molar-refractivity contribution >= 4 is 28.0 Å². The van der Waals surface area contributed by atoms with Gasteiger partial charge in [-0.1, -0.05) is 72.8 Å². The van der Waals surface area contributed by atoms with Gasteiger partial charge in [-0.15, -0.1) is 0 Å². The van der Waals surface area contributed by atoms with Gasteiger partial charge in [-0.25, -0.2) is 9.59 Å². The van der Waals surface area contributed by atoms with E-state index in [0.717, 1.165) is 11.1 Å². The molecule has 0 unspecified atom stereocenters. The highest BCUT2D eigenvalue weighted by Gasteiger charge is 2.23. The van der Waals surface area contributed by atoms with E-state index in [1.165, 1.54) is 0 Å². The fourth-order valence-corrected chi connectivity index (χ4v) is 3.45. The maximum absolute atomic E-state index is 12.1. The summed E-state index contributed by atoms with van der Waals surface area (Å²) in [6, 6.07) is 23.0. The summed E-state index contributed by atoms with van der Waals surface area (Å²) in [5.74, 6) is -0.622. The average molecular weight is 484 g/mol. The third-order valence-corrected chi connectivity index (χ3v) is 5.13. The van der Waals surface area contributed by atoms with Crippen molar-refractivity contribution in [3.05, 3.63) is 100 Å². The zero-order valence-electron chi connectivity index (χ0n) is 16.7. The summed E-state index contributed by atoms with van der Waals surface area (Å²) in [5.41, 5.74) is 2.45. The predicted octanol–water partition coefficient (Wildman–Crippen LogP) is 4.95. The fourth-order valence-electron chi connectivity index (χ4n) is 2.93. The third kappa shape index (κ3) is 6.86. The lowest BCUT2D eigenvalue weighted by molar-refractivity contribution is -0.139. The Bertz CT molecular complexity index is 1010. The molecule has 6 nitrogen and oxygen atoms in total. The van der Waals surface area contributed by atoms with Gasteiger partial charge in [0.2, 0.25) is 0 Å². The van der Waals surface area contributed by atoms with Crippen molar-refractivity contribution in [2.75, 3.05) is 0 Å². The minimum Gasteiger partial charge on any atom is -0.487 e. The van der Waals surface area contributed by atoms with Crippen LogP contribution in [0.4, 0.5) is 4.79 Å². The minimum atomic E-state index is -1.17. The van der Waals surface area contributed by atoms with Crippen LogP contribution in [0.2, 0.25) is 0 Å². The Labute approximate surface area is 188 Å². The average Bonchev–Trinajstić information content (AvgIpc) is 2.78. The van der Waals surface area contributed by atoms with Crippen molar-refractivity contribution in [3.8, 4) is 5.75 Å². The lowest BCUT2D eigenvalue weighted by Gasteiger charge is -2.18. The monoisotopic (exact) mass is 483 g/mol. The normalized spacial score (nSPS) is 11.4. The van der Waals surface area contributed by atoms with Crippen LogP contribution in [0.5, 0.6) is 5.75 Å². The number of aliphatic carboxylic acids is 1. The van der Waals surface area contributed by atoms with Crippen molar-refractivity contribution < 1.29 is 24.2 Å². The Kier molecular flexibility index (Phi) is 8.06. The van der Waals surface area contributed by atoms with E-state index in [-0.39, 0.29) is 13.0 Å². The molecule has 0 saturated heterocycles. The van der Waals surface area contributed by atoms with E-state index in [0.29, 0.717) is 22.4 Å². The van der Waals surface area contributed by atoms with Gasteiger partial charge in [0.15, 0.2) is 0 Å². The lowest BCUT2D eigenvalue weighted by Crippen LogP contribution is -2.42. The zero-order valence-corrected chi connectivity index (χ0v) is 18.2. The van der Waals surface area contributed by atoms with Crippen LogP contribution in [-0.2, 0) is 29.2 Å². The number of benzene rings is 3. The molecule has 0 aliphatic heterocycles. The van der Waals surface area contributed by atoms with E-state index in [2.05, 4.69) is 21.2 Å². The third-order valence-electron chi connectivity index (χ3n) is 4.50. The number of halogens is 1. The number of amides is 1. The highest BCUT2D eigenvalue weighted by molar-refractivity contribution is 9.10. The summed E-state index contributed by atoms with van der Waals surface area (Å²) in [5, 5.41) is 12.0. The van der Waals surface area contributed by atoms with Crippen LogP contribution < -0.4 is 10.1 Å².